The van der Waals surface area contributed by atoms with E-state index in [1.165, 1.54) is 0 Å². The Morgan fingerprint density at radius 3 is 2.56 bits per heavy atom. The normalized spacial score (nSPS) is 9.89. The van der Waals surface area contributed by atoms with Gasteiger partial charge in [0, 0.05) is 13.1 Å². The summed E-state index contributed by atoms with van der Waals surface area (Å²) >= 11 is 0. The number of anilines is 1. The number of nitrogens with one attached hydrogen (secondary N) is 2. The minimum atomic E-state index is -0.266. The summed E-state index contributed by atoms with van der Waals surface area (Å²) in [5, 5.41) is 5.46. The third kappa shape index (κ3) is 6.92. The van der Waals surface area contributed by atoms with Gasteiger partial charge < -0.3 is 21.1 Å². The van der Waals surface area contributed by atoms with Crippen LogP contribution in [-0.4, -0.2) is 31.5 Å². The molecule has 0 bridgehead atoms. The molecule has 0 unspecified atom stereocenters. The molecule has 0 saturated heterocycles. The van der Waals surface area contributed by atoms with Crippen molar-refractivity contribution in [2.75, 3.05) is 25.0 Å². The monoisotopic (exact) mass is 391 g/mol. The van der Waals surface area contributed by atoms with E-state index in [9.17, 15) is 9.59 Å². The molecule has 2 aromatic carbocycles. The van der Waals surface area contributed by atoms with Crippen LogP contribution in [0.1, 0.15) is 27.9 Å². The van der Waals surface area contributed by atoms with Crippen LogP contribution >= 0.6 is 12.4 Å². The Morgan fingerprint density at radius 1 is 1.11 bits per heavy atom. The molecule has 146 valence electrons. The first-order chi connectivity index (χ1) is 12.5. The standard InChI is InChI=1S/C20H25N3O3.ClH/c1-14-7-8-18(15(2)13-14)26-12-9-19(24)23-17-6-4-3-5-16(17)20(25)22-11-10-21;/h3-8,13H,9-12,21H2,1-2H3,(H,22,25)(H,23,24);1H. The Hall–Kier alpha value is -2.57. The molecule has 2 amide bonds. The zero-order valence-electron chi connectivity index (χ0n) is 15.6. The molecule has 7 heteroatoms. The van der Waals surface area contributed by atoms with Gasteiger partial charge in [0.15, 0.2) is 0 Å². The molecule has 0 heterocycles. The highest BCUT2D eigenvalue weighted by molar-refractivity contribution is 6.03. The number of amides is 2. The molecule has 0 atom stereocenters. The lowest BCUT2D eigenvalue weighted by Crippen LogP contribution is -2.30. The van der Waals surface area contributed by atoms with Crippen LogP contribution in [0.2, 0.25) is 0 Å². The predicted octanol–water partition coefficient (Wildman–Crippen LogP) is 2.82. The summed E-state index contributed by atoms with van der Waals surface area (Å²) in [7, 11) is 0. The van der Waals surface area contributed by atoms with E-state index >= 15 is 0 Å². The number of carbonyl (C=O) groups is 2. The number of nitrogens with two attached hydrogens (primary N) is 1. The van der Waals surface area contributed by atoms with Crippen molar-refractivity contribution in [3.63, 3.8) is 0 Å². The van der Waals surface area contributed by atoms with Gasteiger partial charge in [0.05, 0.1) is 24.3 Å². The van der Waals surface area contributed by atoms with Crippen molar-refractivity contribution in [2.45, 2.75) is 20.3 Å². The molecule has 0 spiro atoms. The average molecular weight is 392 g/mol. The maximum absolute atomic E-state index is 12.2. The largest absolute Gasteiger partial charge is 0.493 e. The number of benzene rings is 2. The fourth-order valence-corrected chi connectivity index (χ4v) is 2.50. The van der Waals surface area contributed by atoms with Gasteiger partial charge in [-0.15, -0.1) is 12.4 Å². The highest BCUT2D eigenvalue weighted by Crippen LogP contribution is 2.19. The minimum Gasteiger partial charge on any atom is -0.493 e. The number of ether oxygens (including phenoxy) is 1. The van der Waals surface area contributed by atoms with Gasteiger partial charge >= 0.3 is 0 Å². The zero-order valence-corrected chi connectivity index (χ0v) is 16.4. The zero-order chi connectivity index (χ0) is 18.9. The molecular formula is C20H26ClN3O3. The van der Waals surface area contributed by atoms with Crippen LogP contribution in [0.15, 0.2) is 42.5 Å². The van der Waals surface area contributed by atoms with Gasteiger partial charge in [0.25, 0.3) is 5.91 Å². The van der Waals surface area contributed by atoms with Crippen LogP contribution in [0.25, 0.3) is 0 Å². The SMILES string of the molecule is Cc1ccc(OCCC(=O)Nc2ccccc2C(=O)NCCN)c(C)c1.Cl. The molecule has 2 aromatic rings. The number of rotatable bonds is 8. The van der Waals surface area contributed by atoms with Gasteiger partial charge in [-0.05, 0) is 37.6 Å². The molecular weight excluding hydrogens is 366 g/mol. The topological polar surface area (TPSA) is 93.4 Å². The summed E-state index contributed by atoms with van der Waals surface area (Å²) in [5.74, 6) is 0.289. The van der Waals surface area contributed by atoms with Crippen molar-refractivity contribution in [1.82, 2.24) is 5.32 Å². The van der Waals surface area contributed by atoms with Crippen LogP contribution in [0.3, 0.4) is 0 Å². The molecule has 0 radical (unpaired) electrons. The molecule has 4 N–H and O–H groups in total. The second-order valence-electron chi connectivity index (χ2n) is 6.01. The van der Waals surface area contributed by atoms with Gasteiger partial charge in [0.1, 0.15) is 5.75 Å². The fourth-order valence-electron chi connectivity index (χ4n) is 2.50. The summed E-state index contributed by atoms with van der Waals surface area (Å²) in [4.78, 5) is 24.3. The van der Waals surface area contributed by atoms with Crippen LogP contribution in [0.4, 0.5) is 5.69 Å². The lowest BCUT2D eigenvalue weighted by molar-refractivity contribution is -0.116. The lowest BCUT2D eigenvalue weighted by atomic mass is 10.1. The van der Waals surface area contributed by atoms with E-state index in [4.69, 9.17) is 10.5 Å². The van der Waals surface area contributed by atoms with Crippen molar-refractivity contribution in [3.8, 4) is 5.75 Å². The van der Waals surface area contributed by atoms with Crippen LogP contribution in [-0.2, 0) is 4.79 Å². The number of hydrogen-bond acceptors (Lipinski definition) is 4. The van der Waals surface area contributed by atoms with E-state index in [1.807, 2.05) is 32.0 Å². The smallest absolute Gasteiger partial charge is 0.253 e. The van der Waals surface area contributed by atoms with Gasteiger partial charge in [0.2, 0.25) is 5.91 Å². The third-order valence-corrected chi connectivity index (χ3v) is 3.79. The second-order valence-corrected chi connectivity index (χ2v) is 6.01. The van der Waals surface area contributed by atoms with E-state index in [1.54, 1.807) is 24.3 Å². The van der Waals surface area contributed by atoms with Crippen LogP contribution in [0, 0.1) is 13.8 Å². The Kier molecular flexibility index (Phi) is 9.33. The first-order valence-electron chi connectivity index (χ1n) is 8.58. The summed E-state index contributed by atoms with van der Waals surface area (Å²) in [6.07, 6.45) is 0.187. The highest BCUT2D eigenvalue weighted by Gasteiger charge is 2.12. The summed E-state index contributed by atoms with van der Waals surface area (Å²) in [6, 6.07) is 12.8. The van der Waals surface area contributed by atoms with Crippen molar-refractivity contribution in [2.24, 2.45) is 5.73 Å². The van der Waals surface area contributed by atoms with Gasteiger partial charge in [-0.3, -0.25) is 9.59 Å². The lowest BCUT2D eigenvalue weighted by Gasteiger charge is -2.12. The molecule has 27 heavy (non-hydrogen) atoms. The average Bonchev–Trinajstić information content (AvgIpc) is 2.62. The minimum absolute atomic E-state index is 0. The summed E-state index contributed by atoms with van der Waals surface area (Å²) in [5.41, 5.74) is 8.47. The highest BCUT2D eigenvalue weighted by atomic mass is 35.5. The first-order valence-corrected chi connectivity index (χ1v) is 8.58. The summed E-state index contributed by atoms with van der Waals surface area (Å²) in [6.45, 7) is 4.99. The van der Waals surface area contributed by atoms with Gasteiger partial charge in [-0.2, -0.15) is 0 Å². The van der Waals surface area contributed by atoms with Crippen LogP contribution < -0.4 is 21.1 Å². The molecule has 0 aliphatic heterocycles. The van der Waals surface area contributed by atoms with E-state index < -0.39 is 0 Å². The number of hydrogen-bond donors (Lipinski definition) is 3. The van der Waals surface area contributed by atoms with Crippen molar-refractivity contribution < 1.29 is 14.3 Å². The molecule has 0 fully saturated rings. The van der Waals surface area contributed by atoms with E-state index in [0.29, 0.717) is 24.3 Å². The Balaban J connectivity index is 0.00000364. The number of para-hydroxylation sites is 1. The Morgan fingerprint density at radius 2 is 1.85 bits per heavy atom. The van der Waals surface area contributed by atoms with E-state index in [2.05, 4.69) is 10.6 Å². The number of halogens is 1. The molecule has 6 nitrogen and oxygen atoms in total. The predicted molar refractivity (Wildman–Crippen MR) is 110 cm³/mol. The van der Waals surface area contributed by atoms with Gasteiger partial charge in [-0.1, -0.05) is 29.8 Å². The van der Waals surface area contributed by atoms with Gasteiger partial charge in [-0.25, -0.2) is 0 Å². The second kappa shape index (κ2) is 11.2. The summed E-state index contributed by atoms with van der Waals surface area (Å²) < 4.78 is 5.68. The first kappa shape index (κ1) is 22.5. The molecule has 2 rings (SSSR count). The molecule has 0 aliphatic carbocycles. The van der Waals surface area contributed by atoms with Crippen molar-refractivity contribution in [3.05, 3.63) is 59.2 Å². The Bertz CT molecular complexity index is 781. The maximum Gasteiger partial charge on any atom is 0.253 e. The van der Waals surface area contributed by atoms with E-state index in [-0.39, 0.29) is 37.2 Å². The fraction of sp³-hybridized carbons (Fsp3) is 0.300. The molecule has 0 aromatic heterocycles. The molecule has 0 aliphatic rings. The maximum atomic E-state index is 12.2. The van der Waals surface area contributed by atoms with Crippen LogP contribution in [0.5, 0.6) is 5.75 Å². The quantitative estimate of drug-likeness (QED) is 0.645. The Labute approximate surface area is 165 Å². The van der Waals surface area contributed by atoms with Crippen molar-refractivity contribution in [1.29, 1.82) is 0 Å². The molecule has 0 saturated carbocycles. The van der Waals surface area contributed by atoms with E-state index in [0.717, 1.165) is 16.9 Å². The number of carbonyl (C=O) groups excluding carboxylic acids is 2. The van der Waals surface area contributed by atoms with Crippen molar-refractivity contribution >= 4 is 29.9 Å². The third-order valence-electron chi connectivity index (χ3n) is 3.79. The number of aryl methyl sites for hydroxylation is 2.